The van der Waals surface area contributed by atoms with Gasteiger partial charge in [-0.25, -0.2) is 9.98 Å². The molecule has 0 radical (unpaired) electrons. The normalized spacial score (nSPS) is 14.5. The summed E-state index contributed by atoms with van der Waals surface area (Å²) in [5, 5.41) is 10.9. The van der Waals surface area contributed by atoms with Crippen LogP contribution < -0.4 is 5.32 Å². The average Bonchev–Trinajstić information content (AvgIpc) is 3.96. The summed E-state index contributed by atoms with van der Waals surface area (Å²) in [5.41, 5.74) is 10.7. The maximum Gasteiger partial charge on any atom is 0.159 e. The molecule has 12 rings (SSSR count). The molecule has 0 aliphatic carbocycles. The number of aliphatic imine (C=N–C) groups is 2. The lowest BCUT2D eigenvalue weighted by molar-refractivity contribution is 0.655. The fourth-order valence-corrected chi connectivity index (χ4v) is 9.86. The van der Waals surface area contributed by atoms with Gasteiger partial charge >= 0.3 is 0 Å². The van der Waals surface area contributed by atoms with E-state index in [-0.39, 0.29) is 6.17 Å². The van der Waals surface area contributed by atoms with Crippen molar-refractivity contribution in [2.24, 2.45) is 9.98 Å². The third-order valence-corrected chi connectivity index (χ3v) is 12.4. The van der Waals surface area contributed by atoms with E-state index in [1.165, 1.54) is 53.2 Å². The van der Waals surface area contributed by atoms with Crippen molar-refractivity contribution in [1.29, 1.82) is 0 Å². The largest absolute Gasteiger partial charge is 0.456 e. The Labute approximate surface area is 331 Å². The summed E-state index contributed by atoms with van der Waals surface area (Å²) in [5.74, 6) is 1.49. The number of rotatable bonds is 5. The third-order valence-electron chi connectivity index (χ3n) is 11.3. The number of amidine groups is 2. The Morgan fingerprint density at radius 3 is 1.95 bits per heavy atom. The van der Waals surface area contributed by atoms with Gasteiger partial charge in [0.05, 0.1) is 11.0 Å². The van der Waals surface area contributed by atoms with Crippen LogP contribution >= 0.6 is 11.3 Å². The summed E-state index contributed by atoms with van der Waals surface area (Å²) < 4.78 is 11.6. The minimum absolute atomic E-state index is 0.344. The molecule has 1 N–H and O–H groups in total. The van der Waals surface area contributed by atoms with E-state index in [2.05, 4.69) is 155 Å². The van der Waals surface area contributed by atoms with E-state index in [1.54, 1.807) is 0 Å². The number of fused-ring (bicyclic) bond motifs is 9. The number of benzene rings is 8. The molecule has 11 aromatic rings. The molecule has 1 atom stereocenters. The van der Waals surface area contributed by atoms with Gasteiger partial charge in [-0.3, -0.25) is 0 Å². The molecule has 0 spiro atoms. The molecule has 57 heavy (non-hydrogen) atoms. The number of thiophene rings is 1. The van der Waals surface area contributed by atoms with Gasteiger partial charge in [0.15, 0.2) is 5.84 Å². The molecule has 5 nitrogen and oxygen atoms in total. The molecule has 8 aromatic carbocycles. The second kappa shape index (κ2) is 12.6. The van der Waals surface area contributed by atoms with E-state index in [9.17, 15) is 0 Å². The lowest BCUT2D eigenvalue weighted by atomic mass is 9.95. The van der Waals surface area contributed by atoms with Crippen LogP contribution in [0.5, 0.6) is 0 Å². The number of furan rings is 1. The highest BCUT2D eigenvalue weighted by atomic mass is 32.1. The summed E-state index contributed by atoms with van der Waals surface area (Å²) in [6, 6.07) is 64.3. The van der Waals surface area contributed by atoms with E-state index in [0.29, 0.717) is 5.84 Å². The van der Waals surface area contributed by atoms with Crippen LogP contribution in [-0.2, 0) is 0 Å². The summed E-state index contributed by atoms with van der Waals surface area (Å²) in [4.78, 5) is 10.1. The maximum absolute atomic E-state index is 6.67. The highest BCUT2D eigenvalue weighted by Crippen LogP contribution is 2.45. The monoisotopic (exact) mass is 748 g/mol. The van der Waals surface area contributed by atoms with Crippen molar-refractivity contribution in [1.82, 2.24) is 9.88 Å². The van der Waals surface area contributed by atoms with Crippen molar-refractivity contribution in [2.75, 3.05) is 0 Å². The number of nitrogens with one attached hydrogen (secondary N) is 1. The first-order valence-corrected chi connectivity index (χ1v) is 20.0. The first-order valence-electron chi connectivity index (χ1n) is 19.2. The Kier molecular flexibility index (Phi) is 7.09. The Hall–Kier alpha value is -7.28. The quantitative estimate of drug-likeness (QED) is 0.191. The average molecular weight is 749 g/mol. The first-order chi connectivity index (χ1) is 28.2. The van der Waals surface area contributed by atoms with Crippen LogP contribution in [0.4, 0.5) is 0 Å². The summed E-state index contributed by atoms with van der Waals surface area (Å²) in [6.45, 7) is 0. The Morgan fingerprint density at radius 1 is 0.509 bits per heavy atom. The van der Waals surface area contributed by atoms with Crippen LogP contribution in [0, 0.1) is 0 Å². The van der Waals surface area contributed by atoms with Gasteiger partial charge < -0.3 is 14.3 Å². The minimum Gasteiger partial charge on any atom is -0.456 e. The topological polar surface area (TPSA) is 54.8 Å². The Morgan fingerprint density at radius 2 is 1.18 bits per heavy atom. The zero-order valence-electron chi connectivity index (χ0n) is 30.6. The van der Waals surface area contributed by atoms with Crippen LogP contribution in [0.3, 0.4) is 0 Å². The van der Waals surface area contributed by atoms with Gasteiger partial charge in [-0.1, -0.05) is 140 Å². The zero-order chi connectivity index (χ0) is 37.5. The Bertz CT molecular complexity index is 3390. The van der Waals surface area contributed by atoms with Crippen molar-refractivity contribution in [2.45, 2.75) is 6.17 Å². The van der Waals surface area contributed by atoms with Crippen LogP contribution in [-0.4, -0.2) is 16.2 Å². The molecule has 0 saturated heterocycles. The maximum atomic E-state index is 6.67. The van der Waals surface area contributed by atoms with Gasteiger partial charge in [-0.2, -0.15) is 0 Å². The van der Waals surface area contributed by atoms with Gasteiger partial charge in [0, 0.05) is 64.1 Å². The zero-order valence-corrected chi connectivity index (χ0v) is 31.4. The lowest BCUT2D eigenvalue weighted by Crippen LogP contribution is -2.33. The standard InChI is InChI=1S/C51H32N4OS/c1-3-13-31(14-4-1)49-52-50(32-15-5-2-6-16-32)54-51(53-49)33-25-27-39-44(29-33)56-43-23-11-19-37(47(39)43)38-20-12-24-45-48(38)40-28-26-34(30-46(40)57-45)55-41-21-9-7-17-35(41)36-18-8-10-22-42(36)55/h1-30,51H,(H,52,53,54). The van der Waals surface area contributed by atoms with Crippen LogP contribution in [0.25, 0.3) is 80.7 Å². The van der Waals surface area contributed by atoms with E-state index in [1.807, 2.05) is 47.7 Å². The van der Waals surface area contributed by atoms with E-state index < -0.39 is 0 Å². The summed E-state index contributed by atoms with van der Waals surface area (Å²) in [6.07, 6.45) is -0.344. The molecule has 0 bridgehead atoms. The molecule has 4 heterocycles. The lowest BCUT2D eigenvalue weighted by Gasteiger charge is -2.23. The van der Waals surface area contributed by atoms with E-state index >= 15 is 0 Å². The van der Waals surface area contributed by atoms with E-state index in [0.717, 1.165) is 50.0 Å². The van der Waals surface area contributed by atoms with Gasteiger partial charge in [0.25, 0.3) is 0 Å². The SMILES string of the molecule is c1ccc(C2=NC(c3ccc4c(c3)oc3cccc(-c5cccc6sc7cc(-n8c9ccccc9c9ccccc98)ccc7c56)c34)NC(c3ccccc3)=N2)cc1. The van der Waals surface area contributed by atoms with E-state index in [4.69, 9.17) is 14.4 Å². The summed E-state index contributed by atoms with van der Waals surface area (Å²) in [7, 11) is 0. The van der Waals surface area contributed by atoms with Gasteiger partial charge in [-0.05, 0) is 53.6 Å². The highest BCUT2D eigenvalue weighted by molar-refractivity contribution is 7.26. The van der Waals surface area contributed by atoms with Crippen LogP contribution in [0.1, 0.15) is 22.9 Å². The predicted octanol–water partition coefficient (Wildman–Crippen LogP) is 13.2. The predicted molar refractivity (Wildman–Crippen MR) is 238 cm³/mol. The molecule has 1 unspecified atom stereocenters. The minimum atomic E-state index is -0.344. The number of hydrogen-bond acceptors (Lipinski definition) is 5. The molecule has 3 aromatic heterocycles. The van der Waals surface area contributed by atoms with Crippen molar-refractivity contribution in [3.05, 3.63) is 199 Å². The van der Waals surface area contributed by atoms with Crippen molar-refractivity contribution in [3.63, 3.8) is 0 Å². The number of nitrogens with zero attached hydrogens (tertiary/aromatic N) is 3. The molecular formula is C51H32N4OS. The number of hydrogen-bond donors (Lipinski definition) is 1. The highest BCUT2D eigenvalue weighted by Gasteiger charge is 2.23. The smallest absolute Gasteiger partial charge is 0.159 e. The third kappa shape index (κ3) is 5.08. The molecule has 1 aliphatic rings. The fourth-order valence-electron chi connectivity index (χ4n) is 8.69. The Balaban J connectivity index is 0.978. The van der Waals surface area contributed by atoms with Gasteiger partial charge in [0.1, 0.15) is 23.2 Å². The van der Waals surface area contributed by atoms with Crippen LogP contribution in [0.2, 0.25) is 0 Å². The van der Waals surface area contributed by atoms with Crippen molar-refractivity contribution in [3.8, 4) is 16.8 Å². The molecular weight excluding hydrogens is 717 g/mol. The van der Waals surface area contributed by atoms with Crippen LogP contribution in [0.15, 0.2) is 196 Å². The number of para-hydroxylation sites is 2. The molecule has 0 amide bonds. The number of aromatic nitrogens is 1. The summed E-state index contributed by atoms with van der Waals surface area (Å²) >= 11 is 1.85. The fraction of sp³-hybridized carbons (Fsp3) is 0.0196. The first kappa shape index (κ1) is 32.0. The second-order valence-corrected chi connectivity index (χ2v) is 15.6. The molecule has 0 saturated carbocycles. The van der Waals surface area contributed by atoms with Crippen molar-refractivity contribution >= 4 is 86.9 Å². The molecule has 268 valence electrons. The van der Waals surface area contributed by atoms with Gasteiger partial charge in [0.2, 0.25) is 0 Å². The van der Waals surface area contributed by atoms with Gasteiger partial charge in [-0.15, -0.1) is 11.3 Å². The second-order valence-electron chi connectivity index (χ2n) is 14.6. The molecule has 6 heteroatoms. The molecule has 1 aliphatic heterocycles. The van der Waals surface area contributed by atoms with Crippen molar-refractivity contribution < 1.29 is 4.42 Å². The molecule has 0 fully saturated rings.